The Labute approximate surface area is 153 Å². The molecule has 0 aliphatic carbocycles. The smallest absolute Gasteiger partial charge is 0.329 e. The van der Waals surface area contributed by atoms with Crippen LogP contribution in [0.4, 0.5) is 23.2 Å². The van der Waals surface area contributed by atoms with Crippen molar-refractivity contribution in [2.24, 2.45) is 0 Å². The third kappa shape index (κ3) is 3.41. The Kier molecular flexibility index (Phi) is 4.06. The first-order chi connectivity index (χ1) is 13.3. The van der Waals surface area contributed by atoms with Gasteiger partial charge < -0.3 is 14.2 Å². The summed E-state index contributed by atoms with van der Waals surface area (Å²) in [5.41, 5.74) is 0.800. The van der Waals surface area contributed by atoms with E-state index in [0.29, 0.717) is 0 Å². The Balaban J connectivity index is 1.61. The summed E-state index contributed by atoms with van der Waals surface area (Å²) < 4.78 is 56.7. The normalized spacial score (nSPS) is 11.7. The fraction of sp³-hybridized carbons (Fsp3) is 0.0588. The van der Waals surface area contributed by atoms with Gasteiger partial charge in [0.1, 0.15) is 17.2 Å². The van der Waals surface area contributed by atoms with E-state index in [9.17, 15) is 22.4 Å². The van der Waals surface area contributed by atoms with Crippen molar-refractivity contribution in [2.45, 2.75) is 6.18 Å². The number of alkyl halides is 3. The van der Waals surface area contributed by atoms with Gasteiger partial charge in [-0.05, 0) is 30.3 Å². The van der Waals surface area contributed by atoms with Crippen molar-refractivity contribution in [3.63, 3.8) is 0 Å². The minimum Gasteiger partial charge on any atom is -0.329 e. The van der Waals surface area contributed by atoms with Crippen LogP contribution in [0.2, 0.25) is 0 Å². The summed E-state index contributed by atoms with van der Waals surface area (Å²) in [6.45, 7) is 0. The van der Waals surface area contributed by atoms with Gasteiger partial charge in [-0.3, -0.25) is 4.79 Å². The summed E-state index contributed by atoms with van der Waals surface area (Å²) in [5, 5.41) is 5.81. The van der Waals surface area contributed by atoms with E-state index < -0.39 is 23.8 Å². The fourth-order valence-corrected chi connectivity index (χ4v) is 2.45. The van der Waals surface area contributed by atoms with Gasteiger partial charge in [0, 0.05) is 23.6 Å². The van der Waals surface area contributed by atoms with Crippen LogP contribution < -0.4 is 5.32 Å². The van der Waals surface area contributed by atoms with E-state index in [1.807, 2.05) is 0 Å². The van der Waals surface area contributed by atoms with Crippen molar-refractivity contribution in [1.82, 2.24) is 19.5 Å². The number of benzene rings is 1. The van der Waals surface area contributed by atoms with Crippen molar-refractivity contribution < 1.29 is 26.9 Å². The first-order valence-corrected chi connectivity index (χ1v) is 7.76. The lowest BCUT2D eigenvalue weighted by Crippen LogP contribution is -2.12. The Morgan fingerprint density at radius 3 is 2.68 bits per heavy atom. The number of carbonyl (C=O) groups is 1. The van der Waals surface area contributed by atoms with Gasteiger partial charge in [-0.2, -0.15) is 18.2 Å². The number of nitrogens with zero attached hydrogens (tertiary/aromatic N) is 4. The summed E-state index contributed by atoms with van der Waals surface area (Å²) in [6, 6.07) is 8.22. The van der Waals surface area contributed by atoms with Crippen LogP contribution in [-0.2, 0) is 6.18 Å². The number of amides is 1. The number of pyridine rings is 1. The van der Waals surface area contributed by atoms with Gasteiger partial charge >= 0.3 is 12.1 Å². The van der Waals surface area contributed by atoms with Crippen molar-refractivity contribution in [2.75, 3.05) is 5.32 Å². The number of nitrogens with one attached hydrogen (secondary N) is 1. The van der Waals surface area contributed by atoms with Gasteiger partial charge in [0.2, 0.25) is 5.82 Å². The molecular formula is C17H9F4N5O2. The molecule has 3 heterocycles. The second-order valence-corrected chi connectivity index (χ2v) is 5.69. The van der Waals surface area contributed by atoms with Crippen LogP contribution in [0.1, 0.15) is 16.4 Å². The van der Waals surface area contributed by atoms with E-state index in [1.54, 1.807) is 0 Å². The van der Waals surface area contributed by atoms with Crippen LogP contribution in [-0.4, -0.2) is 25.4 Å². The lowest BCUT2D eigenvalue weighted by atomic mass is 10.2. The van der Waals surface area contributed by atoms with E-state index in [4.69, 9.17) is 0 Å². The second-order valence-electron chi connectivity index (χ2n) is 5.69. The van der Waals surface area contributed by atoms with Crippen LogP contribution in [0.5, 0.6) is 0 Å². The first kappa shape index (κ1) is 17.6. The van der Waals surface area contributed by atoms with Crippen molar-refractivity contribution in [3.05, 3.63) is 66.2 Å². The molecule has 1 aromatic carbocycles. The largest absolute Gasteiger partial charge is 0.471 e. The molecule has 0 bridgehead atoms. The molecule has 0 unspecified atom stereocenters. The van der Waals surface area contributed by atoms with Crippen LogP contribution in [0.15, 0.2) is 53.3 Å². The quantitative estimate of drug-likeness (QED) is 0.537. The van der Waals surface area contributed by atoms with Crippen molar-refractivity contribution in [1.29, 1.82) is 0 Å². The third-order valence-corrected chi connectivity index (χ3v) is 3.70. The summed E-state index contributed by atoms with van der Waals surface area (Å²) in [6.07, 6.45) is -1.84. The number of rotatable bonds is 3. The topological polar surface area (TPSA) is 85.3 Å². The standard InChI is InChI=1S/C17H9F4N5O2/c18-10-2-1-3-11(7-10)22-15(27)12-8-26-5-4-9(6-13(26)23-12)14-24-16(28-25-14)17(19,20)21/h1-8H,(H,22,27). The van der Waals surface area contributed by atoms with E-state index in [2.05, 4.69) is 25.0 Å². The maximum absolute atomic E-state index is 13.2. The number of carbonyl (C=O) groups excluding carboxylic acids is 1. The van der Waals surface area contributed by atoms with Crippen molar-refractivity contribution >= 4 is 17.2 Å². The van der Waals surface area contributed by atoms with Gasteiger partial charge in [-0.15, -0.1) is 0 Å². The Morgan fingerprint density at radius 1 is 1.14 bits per heavy atom. The third-order valence-electron chi connectivity index (χ3n) is 3.70. The molecule has 3 aromatic heterocycles. The molecule has 0 spiro atoms. The van der Waals surface area contributed by atoms with E-state index in [0.717, 1.165) is 6.07 Å². The molecule has 0 atom stereocenters. The zero-order valence-corrected chi connectivity index (χ0v) is 13.7. The number of hydrogen-bond donors (Lipinski definition) is 1. The number of hydrogen-bond acceptors (Lipinski definition) is 5. The molecule has 28 heavy (non-hydrogen) atoms. The maximum Gasteiger partial charge on any atom is 0.471 e. The molecule has 0 aliphatic heterocycles. The molecule has 1 N–H and O–H groups in total. The summed E-state index contributed by atoms with van der Waals surface area (Å²) in [5.74, 6) is -2.80. The molecule has 0 radical (unpaired) electrons. The first-order valence-electron chi connectivity index (χ1n) is 7.76. The van der Waals surface area contributed by atoms with E-state index in [1.165, 1.54) is 47.1 Å². The molecule has 0 saturated carbocycles. The van der Waals surface area contributed by atoms with E-state index >= 15 is 0 Å². The Morgan fingerprint density at radius 2 is 1.96 bits per heavy atom. The molecule has 11 heteroatoms. The highest BCUT2D eigenvalue weighted by molar-refractivity contribution is 6.03. The highest BCUT2D eigenvalue weighted by Gasteiger charge is 2.38. The minimum atomic E-state index is -4.75. The number of aromatic nitrogens is 4. The Hall–Kier alpha value is -3.76. The SMILES string of the molecule is O=C(Nc1cccc(F)c1)c1cn2ccc(-c3noc(C(F)(F)F)n3)cc2n1. The molecule has 142 valence electrons. The lowest BCUT2D eigenvalue weighted by molar-refractivity contribution is -0.159. The van der Waals surface area contributed by atoms with Gasteiger partial charge in [0.15, 0.2) is 0 Å². The van der Waals surface area contributed by atoms with Crippen molar-refractivity contribution in [3.8, 4) is 11.4 Å². The zero-order valence-electron chi connectivity index (χ0n) is 13.7. The Bertz CT molecular complexity index is 1180. The van der Waals surface area contributed by atoms with Crippen LogP contribution in [0.3, 0.4) is 0 Å². The van der Waals surface area contributed by atoms with E-state index in [-0.39, 0.29) is 28.4 Å². The molecule has 0 saturated heterocycles. The van der Waals surface area contributed by atoms with Gasteiger partial charge in [0.25, 0.3) is 5.91 Å². The molecule has 0 aliphatic rings. The van der Waals surface area contributed by atoms with Gasteiger partial charge in [-0.25, -0.2) is 9.37 Å². The zero-order chi connectivity index (χ0) is 19.9. The summed E-state index contributed by atoms with van der Waals surface area (Å²) in [7, 11) is 0. The molecule has 4 rings (SSSR count). The van der Waals surface area contributed by atoms with Crippen LogP contribution in [0, 0.1) is 5.82 Å². The number of anilines is 1. The average molecular weight is 391 g/mol. The second kappa shape index (κ2) is 6.44. The number of halogens is 4. The maximum atomic E-state index is 13.2. The predicted molar refractivity (Wildman–Crippen MR) is 87.8 cm³/mol. The highest BCUT2D eigenvalue weighted by Crippen LogP contribution is 2.29. The van der Waals surface area contributed by atoms with Crippen LogP contribution in [0.25, 0.3) is 17.0 Å². The fourth-order valence-electron chi connectivity index (χ4n) is 2.45. The molecule has 1 amide bonds. The number of fused-ring (bicyclic) bond motifs is 1. The van der Waals surface area contributed by atoms with Gasteiger partial charge in [-0.1, -0.05) is 11.2 Å². The summed E-state index contributed by atoms with van der Waals surface area (Å²) in [4.78, 5) is 19.7. The number of imidazole rings is 1. The lowest BCUT2D eigenvalue weighted by Gasteiger charge is -2.02. The molecule has 0 fully saturated rings. The van der Waals surface area contributed by atoms with Gasteiger partial charge in [0.05, 0.1) is 0 Å². The minimum absolute atomic E-state index is 0.0329. The average Bonchev–Trinajstić information content (AvgIpc) is 3.28. The summed E-state index contributed by atoms with van der Waals surface area (Å²) >= 11 is 0. The molecular weight excluding hydrogens is 382 g/mol. The highest BCUT2D eigenvalue weighted by atomic mass is 19.4. The molecule has 4 aromatic rings. The monoisotopic (exact) mass is 391 g/mol. The van der Waals surface area contributed by atoms with Crippen LogP contribution >= 0.6 is 0 Å². The predicted octanol–water partition coefficient (Wildman–Crippen LogP) is 3.79. The molecule has 7 nitrogen and oxygen atoms in total.